The SMILES string of the molecule is CCCC(CCBr)CNC(=O)c1cccc(F)c1. The maximum absolute atomic E-state index is 13.0. The fraction of sp³-hybridized carbons (Fsp3) is 0.500. The standard InChI is InChI=1S/C14H19BrFNO/c1-2-4-11(7-8-15)10-17-14(18)12-5-3-6-13(16)9-12/h3,5-6,9,11H,2,4,7-8,10H2,1H3,(H,17,18). The molecular formula is C14H19BrFNO. The molecule has 1 atom stereocenters. The third-order valence-electron chi connectivity index (χ3n) is 2.85. The van der Waals surface area contributed by atoms with Gasteiger partial charge in [0.25, 0.3) is 5.91 Å². The quantitative estimate of drug-likeness (QED) is 0.763. The first-order chi connectivity index (χ1) is 8.67. The molecular weight excluding hydrogens is 297 g/mol. The van der Waals surface area contributed by atoms with Crippen LogP contribution in [0.3, 0.4) is 0 Å². The van der Waals surface area contributed by atoms with Gasteiger partial charge in [-0.3, -0.25) is 4.79 Å². The minimum Gasteiger partial charge on any atom is -0.352 e. The Kier molecular flexibility index (Phi) is 6.94. The lowest BCUT2D eigenvalue weighted by molar-refractivity contribution is 0.0945. The summed E-state index contributed by atoms with van der Waals surface area (Å²) in [6.45, 7) is 2.78. The summed E-state index contributed by atoms with van der Waals surface area (Å²) in [4.78, 5) is 11.8. The van der Waals surface area contributed by atoms with Crippen molar-refractivity contribution >= 4 is 21.8 Å². The van der Waals surface area contributed by atoms with Crippen molar-refractivity contribution in [1.29, 1.82) is 0 Å². The van der Waals surface area contributed by atoms with Crippen LogP contribution in [-0.2, 0) is 0 Å². The van der Waals surface area contributed by atoms with Crippen LogP contribution in [0.1, 0.15) is 36.5 Å². The number of hydrogen-bond acceptors (Lipinski definition) is 1. The molecule has 1 N–H and O–H groups in total. The molecule has 18 heavy (non-hydrogen) atoms. The van der Waals surface area contributed by atoms with Gasteiger partial charge in [0, 0.05) is 17.4 Å². The Hall–Kier alpha value is -0.900. The van der Waals surface area contributed by atoms with Crippen molar-refractivity contribution in [3.05, 3.63) is 35.6 Å². The molecule has 2 nitrogen and oxygen atoms in total. The van der Waals surface area contributed by atoms with Crippen LogP contribution < -0.4 is 5.32 Å². The molecule has 0 fully saturated rings. The number of halogens is 2. The van der Waals surface area contributed by atoms with E-state index in [9.17, 15) is 9.18 Å². The van der Waals surface area contributed by atoms with Gasteiger partial charge < -0.3 is 5.32 Å². The Labute approximate surface area is 116 Å². The van der Waals surface area contributed by atoms with Crippen molar-refractivity contribution in [2.24, 2.45) is 5.92 Å². The maximum Gasteiger partial charge on any atom is 0.251 e. The lowest BCUT2D eigenvalue weighted by atomic mass is 10.0. The van der Waals surface area contributed by atoms with Crippen LogP contribution in [-0.4, -0.2) is 17.8 Å². The highest BCUT2D eigenvalue weighted by Crippen LogP contribution is 2.12. The summed E-state index contributed by atoms with van der Waals surface area (Å²) in [5, 5.41) is 3.81. The molecule has 4 heteroatoms. The number of alkyl halides is 1. The molecule has 0 saturated heterocycles. The van der Waals surface area contributed by atoms with Crippen LogP contribution in [0.25, 0.3) is 0 Å². The van der Waals surface area contributed by atoms with Gasteiger partial charge in [0.05, 0.1) is 0 Å². The second kappa shape index (κ2) is 8.25. The Morgan fingerprint density at radius 3 is 2.83 bits per heavy atom. The predicted molar refractivity (Wildman–Crippen MR) is 75.5 cm³/mol. The molecule has 0 bridgehead atoms. The van der Waals surface area contributed by atoms with E-state index in [2.05, 4.69) is 28.2 Å². The molecule has 1 amide bonds. The summed E-state index contributed by atoms with van der Waals surface area (Å²) in [6, 6.07) is 5.76. The summed E-state index contributed by atoms with van der Waals surface area (Å²) < 4.78 is 13.0. The van der Waals surface area contributed by atoms with E-state index in [1.165, 1.54) is 12.1 Å². The first-order valence-electron chi connectivity index (χ1n) is 6.27. The van der Waals surface area contributed by atoms with Crippen LogP contribution in [0.15, 0.2) is 24.3 Å². The highest BCUT2D eigenvalue weighted by molar-refractivity contribution is 9.09. The molecule has 0 aliphatic heterocycles. The Bertz CT molecular complexity index is 378. The van der Waals surface area contributed by atoms with E-state index >= 15 is 0 Å². The number of amides is 1. The molecule has 0 spiro atoms. The second-order valence-electron chi connectivity index (χ2n) is 4.35. The third-order valence-corrected chi connectivity index (χ3v) is 3.31. The van der Waals surface area contributed by atoms with Gasteiger partial charge in [0.15, 0.2) is 0 Å². The molecule has 0 aliphatic rings. The summed E-state index contributed by atoms with van der Waals surface area (Å²) in [5.41, 5.74) is 0.379. The average Bonchev–Trinajstić information content (AvgIpc) is 2.36. The van der Waals surface area contributed by atoms with Crippen LogP contribution >= 0.6 is 15.9 Å². The molecule has 0 radical (unpaired) electrons. The smallest absolute Gasteiger partial charge is 0.251 e. The molecule has 0 saturated carbocycles. The normalized spacial score (nSPS) is 12.2. The van der Waals surface area contributed by atoms with Crippen molar-refractivity contribution in [1.82, 2.24) is 5.32 Å². The molecule has 0 aromatic heterocycles. The fourth-order valence-electron chi connectivity index (χ4n) is 1.88. The number of carbonyl (C=O) groups excluding carboxylic acids is 1. The van der Waals surface area contributed by atoms with Crippen molar-refractivity contribution in [2.75, 3.05) is 11.9 Å². The molecule has 1 aromatic carbocycles. The number of nitrogens with one attached hydrogen (secondary N) is 1. The van der Waals surface area contributed by atoms with Crippen LogP contribution in [0.4, 0.5) is 4.39 Å². The zero-order valence-electron chi connectivity index (χ0n) is 10.6. The van der Waals surface area contributed by atoms with Crippen molar-refractivity contribution < 1.29 is 9.18 Å². The van der Waals surface area contributed by atoms with E-state index in [1.807, 2.05) is 0 Å². The summed E-state index contributed by atoms with van der Waals surface area (Å²) >= 11 is 3.42. The Balaban J connectivity index is 2.49. The van der Waals surface area contributed by atoms with Gasteiger partial charge in [-0.05, 0) is 37.0 Å². The first kappa shape index (κ1) is 15.2. The van der Waals surface area contributed by atoms with E-state index in [0.717, 1.165) is 24.6 Å². The van der Waals surface area contributed by atoms with Crippen LogP contribution in [0.5, 0.6) is 0 Å². The second-order valence-corrected chi connectivity index (χ2v) is 5.15. The van der Waals surface area contributed by atoms with Crippen LogP contribution in [0.2, 0.25) is 0 Å². The fourth-order valence-corrected chi connectivity index (χ4v) is 2.53. The van der Waals surface area contributed by atoms with E-state index in [-0.39, 0.29) is 11.7 Å². The van der Waals surface area contributed by atoms with Gasteiger partial charge in [-0.25, -0.2) is 4.39 Å². The van der Waals surface area contributed by atoms with Gasteiger partial charge in [-0.15, -0.1) is 0 Å². The number of carbonyl (C=O) groups is 1. The van der Waals surface area contributed by atoms with Crippen molar-refractivity contribution in [2.45, 2.75) is 26.2 Å². The number of rotatable bonds is 7. The number of benzene rings is 1. The molecule has 1 aromatic rings. The first-order valence-corrected chi connectivity index (χ1v) is 7.39. The molecule has 0 aliphatic carbocycles. The topological polar surface area (TPSA) is 29.1 Å². The monoisotopic (exact) mass is 315 g/mol. The summed E-state index contributed by atoms with van der Waals surface area (Å²) in [5.74, 6) is -0.106. The Morgan fingerprint density at radius 2 is 2.22 bits per heavy atom. The Morgan fingerprint density at radius 1 is 1.44 bits per heavy atom. The van der Waals surface area contributed by atoms with Crippen LogP contribution in [0, 0.1) is 11.7 Å². The van der Waals surface area contributed by atoms with Gasteiger partial charge in [-0.2, -0.15) is 0 Å². The van der Waals surface area contributed by atoms with E-state index < -0.39 is 0 Å². The lowest BCUT2D eigenvalue weighted by Gasteiger charge is -2.15. The minimum absolute atomic E-state index is 0.204. The minimum atomic E-state index is -0.381. The third kappa shape index (κ3) is 5.17. The summed E-state index contributed by atoms with van der Waals surface area (Å²) in [7, 11) is 0. The van der Waals surface area contributed by atoms with Crippen molar-refractivity contribution in [3.8, 4) is 0 Å². The van der Waals surface area contributed by atoms with Gasteiger partial charge in [-0.1, -0.05) is 35.3 Å². The van der Waals surface area contributed by atoms with Gasteiger partial charge in [0.1, 0.15) is 5.82 Å². The van der Waals surface area contributed by atoms with E-state index in [0.29, 0.717) is 18.0 Å². The molecule has 0 heterocycles. The zero-order chi connectivity index (χ0) is 13.4. The van der Waals surface area contributed by atoms with Gasteiger partial charge >= 0.3 is 0 Å². The highest BCUT2D eigenvalue weighted by atomic mass is 79.9. The number of hydrogen-bond donors (Lipinski definition) is 1. The zero-order valence-corrected chi connectivity index (χ0v) is 12.2. The highest BCUT2D eigenvalue weighted by Gasteiger charge is 2.10. The average molecular weight is 316 g/mol. The van der Waals surface area contributed by atoms with E-state index in [4.69, 9.17) is 0 Å². The van der Waals surface area contributed by atoms with Gasteiger partial charge in [0.2, 0.25) is 0 Å². The van der Waals surface area contributed by atoms with Crippen molar-refractivity contribution in [3.63, 3.8) is 0 Å². The molecule has 1 unspecified atom stereocenters. The van der Waals surface area contributed by atoms with E-state index in [1.54, 1.807) is 12.1 Å². The lowest BCUT2D eigenvalue weighted by Crippen LogP contribution is -2.29. The maximum atomic E-state index is 13.0. The largest absolute Gasteiger partial charge is 0.352 e. The predicted octanol–water partition coefficient (Wildman–Crippen LogP) is 3.76. The molecule has 100 valence electrons. The summed E-state index contributed by atoms with van der Waals surface area (Å²) in [6.07, 6.45) is 3.24. The molecule has 1 rings (SSSR count).